The van der Waals surface area contributed by atoms with Crippen molar-refractivity contribution in [2.45, 2.75) is 92.3 Å². The van der Waals surface area contributed by atoms with Gasteiger partial charge in [0.2, 0.25) is 0 Å². The van der Waals surface area contributed by atoms with Crippen LogP contribution in [0.15, 0.2) is 0 Å². The highest BCUT2D eigenvalue weighted by Crippen LogP contribution is 2.18. The molecule has 0 saturated heterocycles. The summed E-state index contributed by atoms with van der Waals surface area (Å²) in [7, 11) is 0. The lowest BCUT2D eigenvalue weighted by Crippen LogP contribution is -2.40. The first-order valence-corrected chi connectivity index (χ1v) is 7.64. The molecular weight excluding hydrogens is 240 g/mol. The van der Waals surface area contributed by atoms with Gasteiger partial charge in [-0.05, 0) is 53.9 Å². The normalized spacial score (nSPS) is 15.8. The smallest absolute Gasteiger partial charge is 0.107 e. The van der Waals surface area contributed by atoms with Crippen LogP contribution in [0.4, 0.5) is 0 Å². The average Bonchev–Trinajstić information content (AvgIpc) is 2.21. The Morgan fingerprint density at radius 3 is 1.47 bits per heavy atom. The fourth-order valence-electron chi connectivity index (χ4n) is 1.98. The first-order chi connectivity index (χ1) is 8.72. The third-order valence-corrected chi connectivity index (χ3v) is 2.61. The van der Waals surface area contributed by atoms with Crippen LogP contribution in [-0.2, 0) is 14.2 Å². The summed E-state index contributed by atoms with van der Waals surface area (Å²) >= 11 is 0. The van der Waals surface area contributed by atoms with E-state index in [2.05, 4.69) is 41.5 Å². The van der Waals surface area contributed by atoms with E-state index < -0.39 is 0 Å². The summed E-state index contributed by atoms with van der Waals surface area (Å²) in [5.74, 6) is 0.584. The van der Waals surface area contributed by atoms with Gasteiger partial charge in [-0.2, -0.15) is 0 Å². The van der Waals surface area contributed by atoms with Crippen LogP contribution in [0.2, 0.25) is 0 Å². The number of rotatable bonds is 10. The molecule has 0 rings (SSSR count). The summed E-state index contributed by atoms with van der Waals surface area (Å²) in [6, 6.07) is 0. The van der Waals surface area contributed by atoms with Crippen LogP contribution in [0.1, 0.15) is 61.8 Å². The van der Waals surface area contributed by atoms with E-state index in [-0.39, 0.29) is 30.5 Å². The topological polar surface area (TPSA) is 27.7 Å². The maximum atomic E-state index is 6.05. The molecule has 2 unspecified atom stereocenters. The second-order valence-corrected chi connectivity index (χ2v) is 6.46. The highest BCUT2D eigenvalue weighted by molar-refractivity contribution is 4.74. The van der Waals surface area contributed by atoms with Crippen LogP contribution in [-0.4, -0.2) is 37.1 Å². The van der Waals surface area contributed by atoms with Crippen molar-refractivity contribution in [3.63, 3.8) is 0 Å². The highest BCUT2D eigenvalue weighted by atomic mass is 16.6. The molecule has 0 aromatic carbocycles. The summed E-state index contributed by atoms with van der Waals surface area (Å²) in [6.07, 6.45) is 1.72. The number of hydrogen-bond donors (Lipinski definition) is 0. The summed E-state index contributed by atoms with van der Waals surface area (Å²) in [5, 5.41) is 0. The van der Waals surface area contributed by atoms with Gasteiger partial charge in [-0.3, -0.25) is 0 Å². The first kappa shape index (κ1) is 18.9. The van der Waals surface area contributed by atoms with Gasteiger partial charge in [0.1, 0.15) is 6.10 Å². The number of ether oxygens (including phenoxy) is 3. The van der Waals surface area contributed by atoms with Gasteiger partial charge >= 0.3 is 0 Å². The molecule has 3 nitrogen and oxygen atoms in total. The quantitative estimate of drug-likeness (QED) is 0.601. The molecule has 0 heterocycles. The Labute approximate surface area is 120 Å². The molecule has 0 aliphatic heterocycles. The Kier molecular flexibility index (Phi) is 9.67. The molecule has 3 heteroatoms. The molecule has 0 amide bonds. The van der Waals surface area contributed by atoms with E-state index in [9.17, 15) is 0 Å². The largest absolute Gasteiger partial charge is 0.376 e. The Hall–Kier alpha value is -0.120. The van der Waals surface area contributed by atoms with Crippen molar-refractivity contribution in [1.82, 2.24) is 0 Å². The minimum Gasteiger partial charge on any atom is -0.376 e. The van der Waals surface area contributed by atoms with Gasteiger partial charge < -0.3 is 14.2 Å². The van der Waals surface area contributed by atoms with Crippen LogP contribution in [0, 0.1) is 5.92 Å². The van der Waals surface area contributed by atoms with Crippen molar-refractivity contribution in [3.8, 4) is 0 Å². The third-order valence-electron chi connectivity index (χ3n) is 2.61. The van der Waals surface area contributed by atoms with Crippen LogP contribution in [0.25, 0.3) is 0 Å². The average molecular weight is 274 g/mol. The van der Waals surface area contributed by atoms with E-state index >= 15 is 0 Å². The highest BCUT2D eigenvalue weighted by Gasteiger charge is 2.26. The van der Waals surface area contributed by atoms with E-state index in [0.717, 1.165) is 6.42 Å². The minimum atomic E-state index is 0.00667. The van der Waals surface area contributed by atoms with Crippen LogP contribution in [0.3, 0.4) is 0 Å². The second kappa shape index (κ2) is 9.73. The third kappa shape index (κ3) is 10.3. The van der Waals surface area contributed by atoms with Crippen molar-refractivity contribution < 1.29 is 14.2 Å². The zero-order valence-electron chi connectivity index (χ0n) is 14.1. The predicted molar refractivity (Wildman–Crippen MR) is 80.6 cm³/mol. The van der Waals surface area contributed by atoms with Gasteiger partial charge in [0, 0.05) is 0 Å². The van der Waals surface area contributed by atoms with E-state index in [1.807, 2.05) is 13.8 Å². The summed E-state index contributed by atoms with van der Waals surface area (Å²) < 4.78 is 17.8. The molecule has 116 valence electrons. The molecule has 0 N–H and O–H groups in total. The Morgan fingerprint density at radius 2 is 1.11 bits per heavy atom. The summed E-state index contributed by atoms with van der Waals surface area (Å²) in [4.78, 5) is 0. The lowest BCUT2D eigenvalue weighted by Gasteiger charge is -2.32. The zero-order chi connectivity index (χ0) is 15.0. The van der Waals surface area contributed by atoms with Crippen molar-refractivity contribution >= 4 is 0 Å². The van der Waals surface area contributed by atoms with Gasteiger partial charge in [0.25, 0.3) is 0 Å². The monoisotopic (exact) mass is 274 g/mol. The zero-order valence-corrected chi connectivity index (χ0v) is 14.1. The Balaban J connectivity index is 4.67. The number of hydrogen-bond acceptors (Lipinski definition) is 3. The lowest BCUT2D eigenvalue weighted by molar-refractivity contribution is -0.144. The van der Waals surface area contributed by atoms with E-state index in [1.54, 1.807) is 0 Å². The second-order valence-electron chi connectivity index (χ2n) is 6.46. The van der Waals surface area contributed by atoms with E-state index in [0.29, 0.717) is 12.5 Å². The molecule has 0 aliphatic carbocycles. The van der Waals surface area contributed by atoms with Gasteiger partial charge in [-0.1, -0.05) is 13.8 Å². The van der Waals surface area contributed by atoms with E-state index in [1.165, 1.54) is 0 Å². The predicted octanol–water partition coefficient (Wildman–Crippen LogP) is 4.04. The SMILES string of the molecule is CC(C)CC(OC(C)C)C(COC(C)C)OC(C)C. The van der Waals surface area contributed by atoms with Gasteiger partial charge in [0.05, 0.1) is 31.0 Å². The molecule has 2 atom stereocenters. The molecule has 0 bridgehead atoms. The molecule has 0 fully saturated rings. The lowest BCUT2D eigenvalue weighted by atomic mass is 10.0. The van der Waals surface area contributed by atoms with Crippen LogP contribution >= 0.6 is 0 Å². The van der Waals surface area contributed by atoms with Crippen LogP contribution < -0.4 is 0 Å². The van der Waals surface area contributed by atoms with Crippen molar-refractivity contribution in [1.29, 1.82) is 0 Å². The molecule has 19 heavy (non-hydrogen) atoms. The molecule has 0 spiro atoms. The maximum Gasteiger partial charge on any atom is 0.107 e. The van der Waals surface area contributed by atoms with Gasteiger partial charge in [0.15, 0.2) is 0 Å². The maximum absolute atomic E-state index is 6.05. The molecule has 0 aromatic rings. The van der Waals surface area contributed by atoms with E-state index in [4.69, 9.17) is 14.2 Å². The van der Waals surface area contributed by atoms with Crippen molar-refractivity contribution in [2.24, 2.45) is 5.92 Å². The van der Waals surface area contributed by atoms with Crippen molar-refractivity contribution in [3.05, 3.63) is 0 Å². The summed E-state index contributed by atoms with van der Waals surface area (Å²) in [6.45, 7) is 17.4. The fraction of sp³-hybridized carbons (Fsp3) is 1.00. The molecule has 0 aromatic heterocycles. The van der Waals surface area contributed by atoms with Gasteiger partial charge in [-0.15, -0.1) is 0 Å². The van der Waals surface area contributed by atoms with Crippen molar-refractivity contribution in [2.75, 3.05) is 6.61 Å². The molecule has 0 aliphatic rings. The Bertz CT molecular complexity index is 202. The standard InChI is InChI=1S/C16H34O3/c1-11(2)9-15(18-13(5)6)16(19-14(7)8)10-17-12(3)4/h11-16H,9-10H2,1-8H3. The molecule has 0 saturated carbocycles. The Morgan fingerprint density at radius 1 is 0.632 bits per heavy atom. The summed E-state index contributed by atoms with van der Waals surface area (Å²) in [5.41, 5.74) is 0. The molecule has 0 radical (unpaired) electrons. The molecular formula is C16H34O3. The first-order valence-electron chi connectivity index (χ1n) is 7.64. The van der Waals surface area contributed by atoms with Crippen LogP contribution in [0.5, 0.6) is 0 Å². The fourth-order valence-corrected chi connectivity index (χ4v) is 1.98. The van der Waals surface area contributed by atoms with Gasteiger partial charge in [-0.25, -0.2) is 0 Å². The minimum absolute atomic E-state index is 0.00667.